The van der Waals surface area contributed by atoms with Crippen LogP contribution in [0.1, 0.15) is 21.3 Å². The van der Waals surface area contributed by atoms with Gasteiger partial charge in [0.2, 0.25) is 0 Å². The van der Waals surface area contributed by atoms with E-state index in [2.05, 4.69) is 0 Å². The molecule has 1 aromatic heterocycles. The Morgan fingerprint density at radius 1 is 1.09 bits per heavy atom. The van der Waals surface area contributed by atoms with E-state index < -0.39 is 27.7 Å². The van der Waals surface area contributed by atoms with Gasteiger partial charge in [0.05, 0.1) is 16.3 Å². The van der Waals surface area contributed by atoms with E-state index >= 15 is 0 Å². The van der Waals surface area contributed by atoms with Crippen molar-refractivity contribution in [2.24, 2.45) is 0 Å². The van der Waals surface area contributed by atoms with Gasteiger partial charge in [-0.25, -0.2) is 18.2 Å². The molecule has 35 heavy (non-hydrogen) atoms. The van der Waals surface area contributed by atoms with Crippen molar-refractivity contribution in [2.75, 3.05) is 6.61 Å². The quantitative estimate of drug-likeness (QED) is 0.327. The summed E-state index contributed by atoms with van der Waals surface area (Å²) in [4.78, 5) is 16.6. The minimum Gasteiger partial charge on any atom is -0.482 e. The van der Waals surface area contributed by atoms with Crippen LogP contribution in [0.2, 0.25) is 5.02 Å². The Kier molecular flexibility index (Phi) is 6.35. The molecule has 0 amide bonds. The number of hydrogen-bond acceptors (Lipinski definition) is 6. The Labute approximate surface area is 211 Å². The van der Waals surface area contributed by atoms with E-state index in [-0.39, 0.29) is 12.2 Å². The molecule has 3 aromatic carbocycles. The first-order chi connectivity index (χ1) is 16.8. The number of aliphatic carboxylic acids is 1. The van der Waals surface area contributed by atoms with Crippen LogP contribution in [-0.2, 0) is 26.8 Å². The number of halogens is 1. The number of carboxylic acid groups (broad SMARTS) is 1. The lowest BCUT2D eigenvalue weighted by Gasteiger charge is -2.25. The normalized spacial score (nSPS) is 14.7. The zero-order valence-electron chi connectivity index (χ0n) is 18.3. The Balaban J connectivity index is 1.65. The largest absolute Gasteiger partial charge is 0.482 e. The molecular formula is C26H20ClNO5S2. The van der Waals surface area contributed by atoms with Crippen LogP contribution in [0.4, 0.5) is 0 Å². The molecule has 1 aliphatic rings. The number of thiazole rings is 1. The van der Waals surface area contributed by atoms with E-state index in [9.17, 15) is 13.2 Å². The zero-order valence-corrected chi connectivity index (χ0v) is 20.7. The van der Waals surface area contributed by atoms with E-state index in [1.165, 1.54) is 11.3 Å². The first-order valence-electron chi connectivity index (χ1n) is 10.8. The molecule has 9 heteroatoms. The highest BCUT2D eigenvalue weighted by Crippen LogP contribution is 2.49. The highest BCUT2D eigenvalue weighted by molar-refractivity contribution is 7.91. The number of carbonyl (C=O) groups is 1. The van der Waals surface area contributed by atoms with Crippen LogP contribution < -0.4 is 4.74 Å². The van der Waals surface area contributed by atoms with Gasteiger partial charge >= 0.3 is 5.97 Å². The minimum atomic E-state index is -3.65. The molecule has 6 nitrogen and oxygen atoms in total. The van der Waals surface area contributed by atoms with Gasteiger partial charge in [-0.05, 0) is 30.2 Å². The maximum atomic E-state index is 13.7. The number of rotatable bonds is 7. The topological polar surface area (TPSA) is 93.6 Å². The van der Waals surface area contributed by atoms with Crippen LogP contribution in [0.5, 0.6) is 5.75 Å². The summed E-state index contributed by atoms with van der Waals surface area (Å²) in [6.45, 7) is -0.518. The standard InChI is InChI=1S/C26H20ClNO5S2/c27-18-9-4-8-17(12-18)26-28-24-19-10-5-11-21(33-14-23(29)30)20(19)13-22(25(24)34-26)35(31,32)15-16-6-2-1-3-7-16/h1-12,22H,13-15H2,(H,29,30). The van der Waals surface area contributed by atoms with Crippen molar-refractivity contribution >= 4 is 38.7 Å². The van der Waals surface area contributed by atoms with Gasteiger partial charge in [0, 0.05) is 21.7 Å². The van der Waals surface area contributed by atoms with Crippen LogP contribution >= 0.6 is 22.9 Å². The van der Waals surface area contributed by atoms with Crippen molar-refractivity contribution in [1.82, 2.24) is 4.98 Å². The lowest BCUT2D eigenvalue weighted by Crippen LogP contribution is -2.22. The van der Waals surface area contributed by atoms with E-state index in [0.717, 1.165) is 11.1 Å². The molecule has 4 aromatic rings. The summed E-state index contributed by atoms with van der Waals surface area (Å²) in [5, 5.41) is 9.48. The van der Waals surface area contributed by atoms with Crippen molar-refractivity contribution in [3.63, 3.8) is 0 Å². The van der Waals surface area contributed by atoms with Crippen LogP contribution in [0.3, 0.4) is 0 Å². The molecule has 0 saturated heterocycles. The molecule has 1 N–H and O–H groups in total. The third-order valence-electron chi connectivity index (χ3n) is 5.79. The number of sulfone groups is 1. The van der Waals surface area contributed by atoms with Gasteiger partial charge < -0.3 is 9.84 Å². The van der Waals surface area contributed by atoms with Crippen molar-refractivity contribution < 1.29 is 23.1 Å². The molecular weight excluding hydrogens is 506 g/mol. The average molecular weight is 526 g/mol. The van der Waals surface area contributed by atoms with Gasteiger partial charge in [-0.15, -0.1) is 11.3 Å². The molecule has 1 unspecified atom stereocenters. The van der Waals surface area contributed by atoms with Crippen molar-refractivity contribution in [3.8, 4) is 27.6 Å². The molecule has 0 aliphatic heterocycles. The maximum Gasteiger partial charge on any atom is 0.341 e. The molecule has 0 spiro atoms. The summed E-state index contributed by atoms with van der Waals surface area (Å²) in [6.07, 6.45) is 0.171. The maximum absolute atomic E-state index is 13.7. The SMILES string of the molecule is O=C(O)COc1cccc2c1CC(S(=O)(=O)Cc1ccccc1)c1sc(-c3cccc(Cl)c3)nc1-2. The smallest absolute Gasteiger partial charge is 0.341 e. The van der Waals surface area contributed by atoms with Crippen molar-refractivity contribution in [1.29, 1.82) is 0 Å². The van der Waals surface area contributed by atoms with Gasteiger partial charge in [-0.2, -0.15) is 0 Å². The highest BCUT2D eigenvalue weighted by Gasteiger charge is 2.38. The number of ether oxygens (including phenoxy) is 1. The molecule has 5 rings (SSSR count). The molecule has 1 heterocycles. The summed E-state index contributed by atoms with van der Waals surface area (Å²) >= 11 is 7.54. The van der Waals surface area contributed by atoms with E-state index in [1.807, 2.05) is 36.4 Å². The lowest BCUT2D eigenvalue weighted by atomic mass is 9.92. The number of carboxylic acids is 1. The molecule has 0 radical (unpaired) electrons. The number of hydrogen-bond donors (Lipinski definition) is 1. The lowest BCUT2D eigenvalue weighted by molar-refractivity contribution is -0.139. The van der Waals surface area contributed by atoms with Crippen LogP contribution in [0, 0.1) is 0 Å². The van der Waals surface area contributed by atoms with Gasteiger partial charge in [0.25, 0.3) is 0 Å². The Morgan fingerprint density at radius 3 is 2.60 bits per heavy atom. The van der Waals surface area contributed by atoms with E-state index in [0.29, 0.717) is 37.5 Å². The number of nitrogens with zero attached hydrogens (tertiary/aromatic N) is 1. The first kappa shape index (κ1) is 23.5. The molecule has 0 saturated carbocycles. The van der Waals surface area contributed by atoms with Crippen LogP contribution in [0.25, 0.3) is 21.8 Å². The van der Waals surface area contributed by atoms with Crippen molar-refractivity contribution in [3.05, 3.63) is 93.8 Å². The van der Waals surface area contributed by atoms with E-state index in [4.69, 9.17) is 26.4 Å². The fraction of sp³-hybridized carbons (Fsp3) is 0.154. The van der Waals surface area contributed by atoms with Gasteiger partial charge in [-0.1, -0.05) is 66.2 Å². The molecule has 178 valence electrons. The second-order valence-corrected chi connectivity index (χ2v) is 11.8. The third kappa shape index (κ3) is 4.82. The second-order valence-electron chi connectivity index (χ2n) is 8.19. The molecule has 0 fully saturated rings. The second kappa shape index (κ2) is 9.45. The van der Waals surface area contributed by atoms with Gasteiger partial charge in [0.15, 0.2) is 16.4 Å². The fourth-order valence-electron chi connectivity index (χ4n) is 4.24. The van der Waals surface area contributed by atoms with E-state index in [1.54, 1.807) is 36.4 Å². The predicted molar refractivity (Wildman–Crippen MR) is 137 cm³/mol. The molecule has 1 atom stereocenters. The molecule has 0 bridgehead atoms. The van der Waals surface area contributed by atoms with Gasteiger partial charge in [-0.3, -0.25) is 0 Å². The fourth-order valence-corrected chi connectivity index (χ4v) is 7.78. The van der Waals surface area contributed by atoms with Crippen molar-refractivity contribution in [2.45, 2.75) is 17.4 Å². The van der Waals surface area contributed by atoms with Gasteiger partial charge in [0.1, 0.15) is 16.0 Å². The Bertz CT molecular complexity index is 1520. The highest BCUT2D eigenvalue weighted by atomic mass is 35.5. The Morgan fingerprint density at radius 2 is 1.86 bits per heavy atom. The number of benzene rings is 3. The molecule has 1 aliphatic carbocycles. The number of fused-ring (bicyclic) bond motifs is 3. The predicted octanol–water partition coefficient (Wildman–Crippen LogP) is 5.81. The van der Waals surface area contributed by atoms with Crippen LogP contribution in [-0.4, -0.2) is 31.1 Å². The summed E-state index contributed by atoms with van der Waals surface area (Å²) in [7, 11) is -3.65. The monoisotopic (exact) mass is 525 g/mol. The zero-order chi connectivity index (χ0) is 24.6. The Hall–Kier alpha value is -3.20. The summed E-state index contributed by atoms with van der Waals surface area (Å²) < 4.78 is 33.0. The average Bonchev–Trinajstić information content (AvgIpc) is 3.28. The third-order valence-corrected chi connectivity index (χ3v) is 9.40. The first-order valence-corrected chi connectivity index (χ1v) is 13.7. The summed E-state index contributed by atoms with van der Waals surface area (Å²) in [5.41, 5.74) is 3.48. The van der Waals surface area contributed by atoms with Crippen LogP contribution in [0.15, 0.2) is 72.8 Å². The summed E-state index contributed by atoms with van der Waals surface area (Å²) in [6, 6.07) is 21.6. The number of aromatic nitrogens is 1. The summed E-state index contributed by atoms with van der Waals surface area (Å²) in [5.74, 6) is -0.868. The minimum absolute atomic E-state index is 0.115.